The molecule has 3 nitrogen and oxygen atoms in total. The van der Waals surface area contributed by atoms with Crippen molar-refractivity contribution in [3.8, 4) is 0 Å². The highest BCUT2D eigenvalue weighted by atomic mass is 16.5. The predicted octanol–water partition coefficient (Wildman–Crippen LogP) is 2.13. The van der Waals surface area contributed by atoms with E-state index in [0.717, 1.165) is 17.0 Å². The van der Waals surface area contributed by atoms with Gasteiger partial charge in [0.1, 0.15) is 0 Å². The van der Waals surface area contributed by atoms with E-state index in [9.17, 15) is 10.0 Å². The SMILES string of the molecule is CC1(c2ccc3c(c2)C(=O)N(O)CC3)CC1. The number of rotatable bonds is 1. The molecule has 0 atom stereocenters. The number of hydrogen-bond donors (Lipinski definition) is 1. The molecule has 0 bridgehead atoms. The van der Waals surface area contributed by atoms with Gasteiger partial charge in [-0.1, -0.05) is 19.1 Å². The fourth-order valence-electron chi connectivity index (χ4n) is 2.31. The summed E-state index contributed by atoms with van der Waals surface area (Å²) in [5, 5.41) is 10.2. The highest BCUT2D eigenvalue weighted by Crippen LogP contribution is 2.48. The number of nitrogens with zero attached hydrogens (tertiary/aromatic N) is 1. The predicted molar refractivity (Wildman–Crippen MR) is 59.6 cm³/mol. The van der Waals surface area contributed by atoms with Crippen molar-refractivity contribution < 1.29 is 10.0 Å². The molecule has 84 valence electrons. The molecule has 2 aliphatic rings. The number of carbonyl (C=O) groups is 1. The van der Waals surface area contributed by atoms with Gasteiger partial charge >= 0.3 is 0 Å². The third-order valence-electron chi connectivity index (χ3n) is 3.86. The van der Waals surface area contributed by atoms with Gasteiger partial charge in [-0.2, -0.15) is 0 Å². The van der Waals surface area contributed by atoms with Crippen molar-refractivity contribution >= 4 is 5.91 Å². The Morgan fingerprint density at radius 2 is 2.12 bits per heavy atom. The van der Waals surface area contributed by atoms with E-state index < -0.39 is 0 Å². The standard InChI is InChI=1S/C13H15NO2/c1-13(5-6-13)10-3-2-9-4-7-14(16)12(15)11(9)8-10/h2-3,8,16H,4-7H2,1H3. The fourth-order valence-corrected chi connectivity index (χ4v) is 2.31. The maximum Gasteiger partial charge on any atom is 0.277 e. The second-order valence-electron chi connectivity index (χ2n) is 5.11. The fraction of sp³-hybridized carbons (Fsp3) is 0.462. The molecule has 1 aliphatic heterocycles. The topological polar surface area (TPSA) is 40.5 Å². The monoisotopic (exact) mass is 217 g/mol. The smallest absolute Gasteiger partial charge is 0.277 e. The van der Waals surface area contributed by atoms with Gasteiger partial charge in [0.2, 0.25) is 0 Å². The third-order valence-corrected chi connectivity index (χ3v) is 3.86. The molecular formula is C13H15NO2. The van der Waals surface area contributed by atoms with Gasteiger partial charge in [0, 0.05) is 5.56 Å². The first-order chi connectivity index (χ1) is 7.60. The molecule has 0 spiro atoms. The lowest BCUT2D eigenvalue weighted by Crippen LogP contribution is -2.34. The molecule has 1 amide bonds. The molecular weight excluding hydrogens is 202 g/mol. The molecule has 0 aromatic heterocycles. The zero-order chi connectivity index (χ0) is 11.3. The van der Waals surface area contributed by atoms with Crippen molar-refractivity contribution in [3.63, 3.8) is 0 Å². The normalized spacial score (nSPS) is 21.9. The molecule has 16 heavy (non-hydrogen) atoms. The zero-order valence-corrected chi connectivity index (χ0v) is 9.36. The van der Waals surface area contributed by atoms with Crippen LogP contribution in [-0.4, -0.2) is 22.7 Å². The van der Waals surface area contributed by atoms with Crippen molar-refractivity contribution in [1.29, 1.82) is 0 Å². The van der Waals surface area contributed by atoms with Crippen LogP contribution in [0.5, 0.6) is 0 Å². The van der Waals surface area contributed by atoms with Crippen LogP contribution in [0, 0.1) is 0 Å². The van der Waals surface area contributed by atoms with Gasteiger partial charge in [-0.15, -0.1) is 0 Å². The Balaban J connectivity index is 2.06. The Kier molecular flexibility index (Phi) is 1.89. The van der Waals surface area contributed by atoms with E-state index in [1.165, 1.54) is 18.4 Å². The second-order valence-corrected chi connectivity index (χ2v) is 5.11. The van der Waals surface area contributed by atoms with E-state index in [1.807, 2.05) is 12.1 Å². The average molecular weight is 217 g/mol. The van der Waals surface area contributed by atoms with Crippen LogP contribution in [0.3, 0.4) is 0 Å². The molecule has 3 heteroatoms. The second kappa shape index (κ2) is 3.08. The minimum atomic E-state index is -0.257. The van der Waals surface area contributed by atoms with Crippen LogP contribution in [0.1, 0.15) is 41.3 Å². The van der Waals surface area contributed by atoms with Gasteiger partial charge < -0.3 is 0 Å². The summed E-state index contributed by atoms with van der Waals surface area (Å²) in [6, 6.07) is 6.14. The molecule has 1 N–H and O–H groups in total. The van der Waals surface area contributed by atoms with Crippen molar-refractivity contribution in [2.45, 2.75) is 31.6 Å². The van der Waals surface area contributed by atoms with E-state index in [4.69, 9.17) is 0 Å². The van der Waals surface area contributed by atoms with Crippen LogP contribution >= 0.6 is 0 Å². The van der Waals surface area contributed by atoms with Gasteiger partial charge in [0.25, 0.3) is 5.91 Å². The largest absolute Gasteiger partial charge is 0.286 e. The van der Waals surface area contributed by atoms with E-state index in [2.05, 4.69) is 13.0 Å². The van der Waals surface area contributed by atoms with Crippen LogP contribution in [0.2, 0.25) is 0 Å². The molecule has 1 aromatic carbocycles. The summed E-state index contributed by atoms with van der Waals surface area (Å²) in [6.45, 7) is 2.63. The zero-order valence-electron chi connectivity index (χ0n) is 9.36. The highest BCUT2D eigenvalue weighted by molar-refractivity contribution is 5.96. The number of carbonyl (C=O) groups excluding carboxylic acids is 1. The number of fused-ring (bicyclic) bond motifs is 1. The average Bonchev–Trinajstić information content (AvgIpc) is 3.03. The van der Waals surface area contributed by atoms with Gasteiger partial charge in [0.05, 0.1) is 6.54 Å². The molecule has 1 fully saturated rings. The van der Waals surface area contributed by atoms with Crippen molar-refractivity contribution in [2.75, 3.05) is 6.54 Å². The summed E-state index contributed by atoms with van der Waals surface area (Å²) >= 11 is 0. The lowest BCUT2D eigenvalue weighted by atomic mass is 9.91. The molecule has 0 radical (unpaired) electrons. The first kappa shape index (κ1) is 9.85. The molecule has 0 saturated heterocycles. The molecule has 1 saturated carbocycles. The maximum atomic E-state index is 11.8. The Morgan fingerprint density at radius 3 is 2.81 bits per heavy atom. The summed E-state index contributed by atoms with van der Waals surface area (Å²) in [6.07, 6.45) is 3.14. The summed E-state index contributed by atoms with van der Waals surface area (Å²) in [4.78, 5) is 11.8. The Hall–Kier alpha value is -1.35. The number of hydrogen-bond acceptors (Lipinski definition) is 2. The minimum absolute atomic E-state index is 0.257. The minimum Gasteiger partial charge on any atom is -0.286 e. The van der Waals surface area contributed by atoms with Gasteiger partial charge in [-0.05, 0) is 41.9 Å². The molecule has 0 unspecified atom stereocenters. The van der Waals surface area contributed by atoms with Crippen LogP contribution in [-0.2, 0) is 11.8 Å². The van der Waals surface area contributed by atoms with Crippen LogP contribution in [0.4, 0.5) is 0 Å². The summed E-state index contributed by atoms with van der Waals surface area (Å²) in [5.74, 6) is -0.257. The molecule has 3 rings (SSSR count). The summed E-state index contributed by atoms with van der Waals surface area (Å²) in [7, 11) is 0. The molecule has 1 aliphatic carbocycles. The quantitative estimate of drug-likeness (QED) is 0.732. The van der Waals surface area contributed by atoms with E-state index in [1.54, 1.807) is 0 Å². The van der Waals surface area contributed by atoms with Gasteiger partial charge in [0.15, 0.2) is 0 Å². The van der Waals surface area contributed by atoms with Gasteiger partial charge in [-0.25, -0.2) is 5.06 Å². The Morgan fingerprint density at radius 1 is 1.38 bits per heavy atom. The first-order valence-electron chi connectivity index (χ1n) is 5.74. The van der Waals surface area contributed by atoms with Crippen molar-refractivity contribution in [1.82, 2.24) is 5.06 Å². The Bertz CT molecular complexity index is 463. The number of amides is 1. The lowest BCUT2D eigenvalue weighted by molar-refractivity contribution is -0.0601. The van der Waals surface area contributed by atoms with Crippen molar-refractivity contribution in [2.24, 2.45) is 0 Å². The van der Waals surface area contributed by atoms with E-state index >= 15 is 0 Å². The summed E-state index contributed by atoms with van der Waals surface area (Å²) < 4.78 is 0. The van der Waals surface area contributed by atoms with E-state index in [0.29, 0.717) is 12.1 Å². The Labute approximate surface area is 94.6 Å². The van der Waals surface area contributed by atoms with Crippen LogP contribution < -0.4 is 0 Å². The maximum absolute atomic E-state index is 11.8. The first-order valence-corrected chi connectivity index (χ1v) is 5.74. The number of benzene rings is 1. The van der Waals surface area contributed by atoms with Crippen LogP contribution in [0.15, 0.2) is 18.2 Å². The summed E-state index contributed by atoms with van der Waals surface area (Å²) in [5.41, 5.74) is 3.24. The van der Waals surface area contributed by atoms with E-state index in [-0.39, 0.29) is 11.3 Å². The van der Waals surface area contributed by atoms with Crippen molar-refractivity contribution in [3.05, 3.63) is 34.9 Å². The van der Waals surface area contributed by atoms with Crippen LogP contribution in [0.25, 0.3) is 0 Å². The third kappa shape index (κ3) is 1.35. The highest BCUT2D eigenvalue weighted by Gasteiger charge is 2.39. The molecule has 1 aromatic rings. The molecule has 1 heterocycles. The van der Waals surface area contributed by atoms with Gasteiger partial charge in [-0.3, -0.25) is 10.0 Å². The lowest BCUT2D eigenvalue weighted by Gasteiger charge is -2.24. The number of hydroxylamine groups is 2.